The number of alkyl halides is 3. The van der Waals surface area contributed by atoms with Crippen molar-refractivity contribution in [3.05, 3.63) is 107 Å². The van der Waals surface area contributed by atoms with Gasteiger partial charge in [-0.05, 0) is 85.8 Å². The van der Waals surface area contributed by atoms with Gasteiger partial charge >= 0.3 is 22.5 Å². The van der Waals surface area contributed by atoms with E-state index in [0.717, 1.165) is 10.4 Å². The Balaban J connectivity index is 1.44. The molecule has 3 amide bonds. The number of imide groups is 1. The molecule has 0 atom stereocenters. The molecule has 0 fully saturated rings. The number of carbonyl (C=O) groups is 2. The molecule has 0 bridgehead atoms. The Morgan fingerprint density at radius 1 is 0.848 bits per heavy atom. The van der Waals surface area contributed by atoms with Gasteiger partial charge in [0.05, 0.1) is 24.0 Å². The third-order valence-corrected chi connectivity index (χ3v) is 8.12. The molecule has 0 saturated heterocycles. The number of carbonyl (C=O) groups excluding carboxylic acids is 2. The Kier molecular flexibility index (Phi) is 9.21. The lowest BCUT2D eigenvalue weighted by molar-refractivity contribution is -0.138. The van der Waals surface area contributed by atoms with Crippen molar-refractivity contribution < 1.29 is 45.2 Å². The first-order valence-electron chi connectivity index (χ1n) is 14.0. The molecule has 0 spiro atoms. The number of hydrogen-bond donors (Lipinski definition) is 3. The van der Waals surface area contributed by atoms with E-state index in [1.807, 2.05) is 0 Å². The predicted molar refractivity (Wildman–Crippen MR) is 164 cm³/mol. The maximum absolute atomic E-state index is 14.2. The molecular formula is C32H28F3N3O7S. The van der Waals surface area contributed by atoms with Gasteiger partial charge in [0.2, 0.25) is 0 Å². The van der Waals surface area contributed by atoms with Crippen molar-refractivity contribution in [2.75, 3.05) is 16.7 Å². The van der Waals surface area contributed by atoms with Crippen LogP contribution in [0.2, 0.25) is 0 Å². The third-order valence-electron chi connectivity index (χ3n) is 7.25. The Hall–Kier alpha value is -5.08. The molecule has 10 nitrogen and oxygen atoms in total. The predicted octanol–water partition coefficient (Wildman–Crippen LogP) is 7.29. The van der Waals surface area contributed by atoms with Crippen molar-refractivity contribution in [1.82, 2.24) is 5.32 Å². The van der Waals surface area contributed by atoms with Gasteiger partial charge in [0.1, 0.15) is 22.8 Å². The summed E-state index contributed by atoms with van der Waals surface area (Å²) in [4.78, 5) is 25.0. The summed E-state index contributed by atoms with van der Waals surface area (Å²) >= 11 is 0. The maximum atomic E-state index is 14.2. The van der Waals surface area contributed by atoms with Gasteiger partial charge < -0.3 is 14.8 Å². The van der Waals surface area contributed by atoms with Crippen molar-refractivity contribution in [3.63, 3.8) is 0 Å². The average molecular weight is 656 g/mol. The summed E-state index contributed by atoms with van der Waals surface area (Å²) in [6.07, 6.45) is -2.73. The number of fused-ring (bicyclic) bond motifs is 1. The second kappa shape index (κ2) is 13.1. The topological polar surface area (TPSA) is 134 Å². The number of benzene rings is 4. The smallest absolute Gasteiger partial charge is 0.420 e. The van der Waals surface area contributed by atoms with E-state index in [1.165, 1.54) is 49.6 Å². The first kappa shape index (κ1) is 32.3. The number of nitrogens with zero attached hydrogens (tertiary/aromatic N) is 1. The summed E-state index contributed by atoms with van der Waals surface area (Å²) in [6.45, 7) is 0. The third kappa shape index (κ3) is 7.08. The van der Waals surface area contributed by atoms with Gasteiger partial charge in [-0.3, -0.25) is 14.7 Å². The number of urea groups is 1. The van der Waals surface area contributed by atoms with E-state index in [4.69, 9.17) is 9.47 Å². The van der Waals surface area contributed by atoms with E-state index in [9.17, 15) is 35.7 Å². The molecule has 0 aromatic heterocycles. The molecule has 4 aromatic rings. The molecule has 5 rings (SSSR count). The van der Waals surface area contributed by atoms with Crippen molar-refractivity contribution >= 4 is 39.3 Å². The molecule has 46 heavy (non-hydrogen) atoms. The standard InChI is InChI=1S/C32H28F3N3O7S/c1-44-27-14-8-7-13-24(27)30(39)37-31(40)36-20-15-17-29(25(19-20)32(33,34)35)45-28-18-16-26(22-11-5-6-12-23(22)28)38(46(41,42)43)21-9-3-2-4-10-21/h2-4,7-10,13-19H,5-6,11-12H2,1H3,(H,41,42,43)(H2,36,37,39,40). The van der Waals surface area contributed by atoms with Gasteiger partial charge in [0.25, 0.3) is 5.91 Å². The first-order valence-corrected chi connectivity index (χ1v) is 15.4. The molecule has 0 saturated carbocycles. The molecule has 14 heteroatoms. The Bertz CT molecular complexity index is 1880. The number of methoxy groups -OCH3 is 1. The highest BCUT2D eigenvalue weighted by atomic mass is 32.2. The van der Waals surface area contributed by atoms with Gasteiger partial charge in [-0.15, -0.1) is 0 Å². The molecule has 0 heterocycles. The minimum atomic E-state index is -4.90. The summed E-state index contributed by atoms with van der Waals surface area (Å²) in [5, 5.41) is 4.29. The van der Waals surface area contributed by atoms with Crippen LogP contribution < -0.4 is 24.4 Å². The first-order chi connectivity index (χ1) is 21.9. The normalized spacial score (nSPS) is 12.9. The van der Waals surface area contributed by atoms with Crippen LogP contribution in [0.15, 0.2) is 84.9 Å². The summed E-state index contributed by atoms with van der Waals surface area (Å²) < 4.78 is 89.5. The number of nitrogens with one attached hydrogen (secondary N) is 2. The number of halogens is 3. The van der Waals surface area contributed by atoms with Gasteiger partial charge in [-0.2, -0.15) is 21.6 Å². The quantitative estimate of drug-likeness (QED) is 0.170. The van der Waals surface area contributed by atoms with Gasteiger partial charge in [-0.25, -0.2) is 9.10 Å². The highest BCUT2D eigenvalue weighted by Gasteiger charge is 2.36. The number of para-hydroxylation sites is 2. The van der Waals surface area contributed by atoms with Gasteiger partial charge in [-0.1, -0.05) is 30.3 Å². The molecule has 1 aliphatic rings. The molecule has 240 valence electrons. The summed E-state index contributed by atoms with van der Waals surface area (Å²) in [5.41, 5.74) is -0.0144. The second-order valence-electron chi connectivity index (χ2n) is 10.2. The minimum absolute atomic E-state index is 0.0534. The summed E-state index contributed by atoms with van der Waals surface area (Å²) in [5.74, 6) is -1.08. The molecule has 0 radical (unpaired) electrons. The fraction of sp³-hybridized carbons (Fsp3) is 0.188. The number of rotatable bonds is 8. The zero-order valence-electron chi connectivity index (χ0n) is 24.3. The molecule has 4 aromatic carbocycles. The van der Waals surface area contributed by atoms with Crippen LogP contribution in [0.4, 0.5) is 35.0 Å². The number of ether oxygens (including phenoxy) is 2. The molecule has 1 aliphatic carbocycles. The molecule has 0 aliphatic heterocycles. The Morgan fingerprint density at radius 2 is 1.50 bits per heavy atom. The second-order valence-corrected chi connectivity index (χ2v) is 11.5. The van der Waals surface area contributed by atoms with Crippen LogP contribution in [-0.4, -0.2) is 32.0 Å². The van der Waals surface area contributed by atoms with Crippen LogP contribution in [0, 0.1) is 0 Å². The van der Waals surface area contributed by atoms with Crippen LogP contribution in [0.25, 0.3) is 0 Å². The lowest BCUT2D eigenvalue weighted by Crippen LogP contribution is -2.34. The van der Waals surface area contributed by atoms with Gasteiger partial charge in [0.15, 0.2) is 0 Å². The van der Waals surface area contributed by atoms with Crippen LogP contribution in [0.5, 0.6) is 17.2 Å². The van der Waals surface area contributed by atoms with E-state index in [0.29, 0.717) is 42.9 Å². The van der Waals surface area contributed by atoms with E-state index in [1.54, 1.807) is 30.3 Å². The van der Waals surface area contributed by atoms with Crippen molar-refractivity contribution in [3.8, 4) is 17.2 Å². The Morgan fingerprint density at radius 3 is 2.17 bits per heavy atom. The lowest BCUT2D eigenvalue weighted by Gasteiger charge is -2.28. The van der Waals surface area contributed by atoms with Crippen molar-refractivity contribution in [2.45, 2.75) is 31.9 Å². The van der Waals surface area contributed by atoms with E-state index >= 15 is 0 Å². The Labute approximate surface area is 262 Å². The number of hydrogen-bond acceptors (Lipinski definition) is 6. The fourth-order valence-electron chi connectivity index (χ4n) is 5.26. The zero-order valence-corrected chi connectivity index (χ0v) is 25.1. The average Bonchev–Trinajstić information content (AvgIpc) is 3.02. The van der Waals surface area contributed by atoms with E-state index in [2.05, 4.69) is 10.6 Å². The number of anilines is 3. The summed E-state index contributed by atoms with van der Waals surface area (Å²) in [6, 6.07) is 18.6. The van der Waals surface area contributed by atoms with E-state index < -0.39 is 39.7 Å². The van der Waals surface area contributed by atoms with Crippen LogP contribution >= 0.6 is 0 Å². The van der Waals surface area contributed by atoms with Crippen LogP contribution in [-0.2, 0) is 29.3 Å². The monoisotopic (exact) mass is 655 g/mol. The van der Waals surface area contributed by atoms with Crippen molar-refractivity contribution in [1.29, 1.82) is 0 Å². The largest absolute Gasteiger partial charge is 0.496 e. The number of amides is 3. The molecular weight excluding hydrogens is 627 g/mol. The summed E-state index contributed by atoms with van der Waals surface area (Å²) in [7, 11) is -3.42. The van der Waals surface area contributed by atoms with Crippen LogP contribution in [0.3, 0.4) is 0 Å². The molecule has 0 unspecified atom stereocenters. The molecule has 3 N–H and O–H groups in total. The van der Waals surface area contributed by atoms with Gasteiger partial charge in [0, 0.05) is 11.3 Å². The minimum Gasteiger partial charge on any atom is -0.496 e. The lowest BCUT2D eigenvalue weighted by atomic mass is 9.89. The SMILES string of the molecule is COc1ccccc1C(=O)NC(=O)Nc1ccc(Oc2ccc(N(c3ccccc3)S(=O)(=O)O)c3c2CCCC3)c(C(F)(F)F)c1. The highest BCUT2D eigenvalue weighted by molar-refractivity contribution is 7.87. The fourth-order valence-corrected chi connectivity index (χ4v) is 6.07. The maximum Gasteiger partial charge on any atom is 0.420 e. The highest BCUT2D eigenvalue weighted by Crippen LogP contribution is 2.44. The van der Waals surface area contributed by atoms with Crippen LogP contribution in [0.1, 0.15) is 39.9 Å². The van der Waals surface area contributed by atoms with Crippen molar-refractivity contribution in [2.24, 2.45) is 0 Å². The zero-order chi connectivity index (χ0) is 33.1. The van der Waals surface area contributed by atoms with E-state index in [-0.39, 0.29) is 34.1 Å².